The van der Waals surface area contributed by atoms with Gasteiger partial charge in [0.15, 0.2) is 0 Å². The van der Waals surface area contributed by atoms with Gasteiger partial charge in [0.05, 0.1) is 5.57 Å². The Bertz CT molecular complexity index is 791. The second kappa shape index (κ2) is 7.23. The van der Waals surface area contributed by atoms with Gasteiger partial charge in [0, 0.05) is 0 Å². The summed E-state index contributed by atoms with van der Waals surface area (Å²) in [6, 6.07) is 28.4. The molecule has 0 bridgehead atoms. The summed E-state index contributed by atoms with van der Waals surface area (Å²) in [6.07, 6.45) is 1.85. The van der Waals surface area contributed by atoms with Gasteiger partial charge in [0.1, 0.15) is 5.75 Å². The van der Waals surface area contributed by atoms with Crippen molar-refractivity contribution in [3.05, 3.63) is 102 Å². The molecule has 0 aliphatic carbocycles. The van der Waals surface area contributed by atoms with E-state index >= 15 is 0 Å². The van der Waals surface area contributed by atoms with Crippen LogP contribution in [0.1, 0.15) is 11.1 Å². The van der Waals surface area contributed by atoms with Crippen LogP contribution in [0.15, 0.2) is 91.0 Å². The lowest BCUT2D eigenvalue weighted by atomic mass is 10.0. The van der Waals surface area contributed by atoms with E-state index < -0.39 is 0 Å². The molecule has 0 amide bonds. The van der Waals surface area contributed by atoms with E-state index in [2.05, 4.69) is 0 Å². The highest BCUT2D eigenvalue weighted by Crippen LogP contribution is 2.21. The predicted octanol–water partition coefficient (Wildman–Crippen LogP) is 4.83. The number of carbonyl (C=O) groups is 1. The van der Waals surface area contributed by atoms with E-state index in [4.69, 9.17) is 4.74 Å². The van der Waals surface area contributed by atoms with Gasteiger partial charge in [-0.1, -0.05) is 78.9 Å². The van der Waals surface area contributed by atoms with E-state index in [1.165, 1.54) is 0 Å². The average molecular weight is 300 g/mol. The third-order valence-electron chi connectivity index (χ3n) is 3.37. The molecule has 112 valence electrons. The Balaban J connectivity index is 1.95. The van der Waals surface area contributed by atoms with Crippen LogP contribution in [-0.2, 0) is 4.79 Å². The molecule has 0 spiro atoms. The van der Waals surface area contributed by atoms with E-state index in [9.17, 15) is 4.79 Å². The Labute approximate surface area is 135 Å². The van der Waals surface area contributed by atoms with E-state index in [0.29, 0.717) is 11.3 Å². The van der Waals surface area contributed by atoms with Crippen molar-refractivity contribution in [2.24, 2.45) is 0 Å². The minimum absolute atomic E-state index is 0.369. The molecule has 3 aromatic rings. The van der Waals surface area contributed by atoms with Crippen LogP contribution >= 0.6 is 0 Å². The molecule has 0 heterocycles. The number of benzene rings is 3. The summed E-state index contributed by atoms with van der Waals surface area (Å²) < 4.78 is 5.50. The van der Waals surface area contributed by atoms with Crippen molar-refractivity contribution < 1.29 is 9.53 Å². The van der Waals surface area contributed by atoms with Crippen molar-refractivity contribution in [1.82, 2.24) is 0 Å². The Morgan fingerprint density at radius 1 is 0.696 bits per heavy atom. The van der Waals surface area contributed by atoms with Crippen LogP contribution < -0.4 is 4.74 Å². The molecule has 0 fully saturated rings. The first-order valence-electron chi connectivity index (χ1n) is 7.42. The van der Waals surface area contributed by atoms with Gasteiger partial charge in [-0.2, -0.15) is 0 Å². The van der Waals surface area contributed by atoms with Gasteiger partial charge in [-0.3, -0.25) is 0 Å². The summed E-state index contributed by atoms with van der Waals surface area (Å²) in [6.45, 7) is 0. The zero-order valence-corrected chi connectivity index (χ0v) is 12.6. The smallest absolute Gasteiger partial charge is 0.344 e. The molecule has 2 heteroatoms. The lowest BCUT2D eigenvalue weighted by Crippen LogP contribution is -2.10. The molecule has 3 rings (SSSR count). The lowest BCUT2D eigenvalue weighted by molar-refractivity contribution is -0.127. The summed E-state index contributed by atoms with van der Waals surface area (Å²) in [5, 5.41) is 0. The third kappa shape index (κ3) is 3.95. The van der Waals surface area contributed by atoms with Crippen molar-refractivity contribution in [3.8, 4) is 5.75 Å². The first-order valence-corrected chi connectivity index (χ1v) is 7.42. The van der Waals surface area contributed by atoms with Gasteiger partial charge in [-0.05, 0) is 29.3 Å². The van der Waals surface area contributed by atoms with Crippen LogP contribution in [0, 0.1) is 0 Å². The Morgan fingerprint density at radius 3 is 1.83 bits per heavy atom. The molecule has 0 aliphatic heterocycles. The standard InChI is InChI=1S/C21H16O2/c22-21(23-19-14-8-3-9-15-19)20(18-12-6-2-7-13-18)16-17-10-4-1-5-11-17/h1-16H. The lowest BCUT2D eigenvalue weighted by Gasteiger charge is -2.09. The largest absolute Gasteiger partial charge is 0.423 e. The van der Waals surface area contributed by atoms with Crippen LogP contribution in [0.5, 0.6) is 5.75 Å². The molecule has 0 aliphatic rings. The number of carbonyl (C=O) groups excluding carboxylic acids is 1. The van der Waals surface area contributed by atoms with E-state index in [-0.39, 0.29) is 5.97 Å². The number of ether oxygens (including phenoxy) is 1. The number of hydrogen-bond acceptors (Lipinski definition) is 2. The first-order chi connectivity index (χ1) is 11.3. The van der Waals surface area contributed by atoms with E-state index in [1.807, 2.05) is 84.9 Å². The molecule has 0 N–H and O–H groups in total. The fraction of sp³-hybridized carbons (Fsp3) is 0. The highest BCUT2D eigenvalue weighted by molar-refractivity contribution is 6.22. The van der Waals surface area contributed by atoms with Crippen LogP contribution in [0.3, 0.4) is 0 Å². The topological polar surface area (TPSA) is 26.3 Å². The minimum atomic E-state index is -0.369. The molecule has 0 radical (unpaired) electrons. The molecular weight excluding hydrogens is 284 g/mol. The molecule has 23 heavy (non-hydrogen) atoms. The number of esters is 1. The molecule has 0 atom stereocenters. The highest BCUT2D eigenvalue weighted by atomic mass is 16.5. The van der Waals surface area contributed by atoms with E-state index in [0.717, 1.165) is 11.1 Å². The maximum absolute atomic E-state index is 12.6. The van der Waals surface area contributed by atoms with Gasteiger partial charge < -0.3 is 4.74 Å². The Kier molecular flexibility index (Phi) is 4.65. The third-order valence-corrected chi connectivity index (χ3v) is 3.37. The maximum atomic E-state index is 12.6. The van der Waals surface area contributed by atoms with Crippen molar-refractivity contribution in [2.75, 3.05) is 0 Å². The highest BCUT2D eigenvalue weighted by Gasteiger charge is 2.14. The number of rotatable bonds is 4. The van der Waals surface area contributed by atoms with Crippen molar-refractivity contribution in [1.29, 1.82) is 0 Å². The normalized spacial score (nSPS) is 11.0. The number of para-hydroxylation sites is 1. The Hall–Kier alpha value is -3.13. The second-order valence-electron chi connectivity index (χ2n) is 5.04. The van der Waals surface area contributed by atoms with Crippen LogP contribution in [0.4, 0.5) is 0 Å². The van der Waals surface area contributed by atoms with Crippen LogP contribution in [0.25, 0.3) is 11.6 Å². The summed E-state index contributed by atoms with van der Waals surface area (Å²) in [4.78, 5) is 12.6. The molecular formula is C21H16O2. The number of hydrogen-bond donors (Lipinski definition) is 0. The van der Waals surface area contributed by atoms with Gasteiger partial charge >= 0.3 is 5.97 Å². The Morgan fingerprint density at radius 2 is 1.22 bits per heavy atom. The maximum Gasteiger partial charge on any atom is 0.344 e. The van der Waals surface area contributed by atoms with E-state index in [1.54, 1.807) is 12.1 Å². The average Bonchev–Trinajstić information content (AvgIpc) is 2.62. The summed E-state index contributed by atoms with van der Waals surface area (Å²) in [5.74, 6) is 0.165. The quantitative estimate of drug-likeness (QED) is 0.298. The summed E-state index contributed by atoms with van der Waals surface area (Å²) >= 11 is 0. The summed E-state index contributed by atoms with van der Waals surface area (Å²) in [5.41, 5.74) is 2.31. The molecule has 0 saturated heterocycles. The molecule has 2 nitrogen and oxygen atoms in total. The first kappa shape index (κ1) is 14.8. The van der Waals surface area contributed by atoms with Crippen molar-refractivity contribution in [3.63, 3.8) is 0 Å². The molecule has 0 unspecified atom stereocenters. The predicted molar refractivity (Wildman–Crippen MR) is 92.8 cm³/mol. The summed E-state index contributed by atoms with van der Waals surface area (Å²) in [7, 11) is 0. The van der Waals surface area contributed by atoms with Crippen molar-refractivity contribution in [2.45, 2.75) is 0 Å². The monoisotopic (exact) mass is 300 g/mol. The van der Waals surface area contributed by atoms with Crippen LogP contribution in [-0.4, -0.2) is 5.97 Å². The van der Waals surface area contributed by atoms with Gasteiger partial charge in [-0.15, -0.1) is 0 Å². The molecule has 0 saturated carbocycles. The fourth-order valence-electron chi connectivity index (χ4n) is 2.24. The van der Waals surface area contributed by atoms with Gasteiger partial charge in [-0.25, -0.2) is 4.79 Å². The second-order valence-corrected chi connectivity index (χ2v) is 5.04. The van der Waals surface area contributed by atoms with Crippen LogP contribution in [0.2, 0.25) is 0 Å². The van der Waals surface area contributed by atoms with Gasteiger partial charge in [0.2, 0.25) is 0 Å². The SMILES string of the molecule is O=C(Oc1ccccc1)C(=Cc1ccccc1)c1ccccc1. The zero-order valence-electron chi connectivity index (χ0n) is 12.6. The van der Waals surface area contributed by atoms with Crippen molar-refractivity contribution >= 4 is 17.6 Å². The fourth-order valence-corrected chi connectivity index (χ4v) is 2.24. The van der Waals surface area contributed by atoms with Gasteiger partial charge in [0.25, 0.3) is 0 Å². The molecule has 3 aromatic carbocycles. The zero-order chi connectivity index (χ0) is 15.9. The molecule has 0 aromatic heterocycles. The minimum Gasteiger partial charge on any atom is -0.423 e.